The molecule has 2 N–H and O–H groups in total. The molecule has 0 bridgehead atoms. The van der Waals surface area contributed by atoms with Crippen molar-refractivity contribution in [2.45, 2.75) is 25.9 Å². The lowest BCUT2D eigenvalue weighted by atomic mass is 10.1. The Hall–Kier alpha value is -1.62. The third-order valence-electron chi connectivity index (χ3n) is 3.27. The van der Waals surface area contributed by atoms with E-state index < -0.39 is 11.7 Å². The van der Waals surface area contributed by atoms with E-state index in [4.69, 9.17) is 0 Å². The van der Waals surface area contributed by atoms with Gasteiger partial charge in [0.15, 0.2) is 0 Å². The van der Waals surface area contributed by atoms with Crippen molar-refractivity contribution in [3.05, 3.63) is 29.6 Å². The van der Waals surface area contributed by atoms with Gasteiger partial charge in [-0.2, -0.15) is 0 Å². The Kier molecular flexibility index (Phi) is 3.52. The summed E-state index contributed by atoms with van der Waals surface area (Å²) in [6.07, 6.45) is 0. The number of carbonyl (C=O) groups excluding carboxylic acids is 1. The molecule has 0 radical (unpaired) electrons. The zero-order chi connectivity index (χ0) is 13.3. The molecule has 0 aromatic heterocycles. The van der Waals surface area contributed by atoms with E-state index in [-0.39, 0.29) is 23.4 Å². The molecule has 1 fully saturated rings. The van der Waals surface area contributed by atoms with Crippen LogP contribution in [-0.2, 0) is 0 Å². The van der Waals surface area contributed by atoms with Crippen LogP contribution in [0.5, 0.6) is 5.75 Å². The summed E-state index contributed by atoms with van der Waals surface area (Å²) in [4.78, 5) is 14.0. The lowest BCUT2D eigenvalue weighted by Crippen LogP contribution is -2.57. The van der Waals surface area contributed by atoms with Crippen LogP contribution in [0.25, 0.3) is 0 Å². The normalized spacial score (nSPS) is 24.1. The number of phenolic OH excluding ortho intramolecular Hbond substituents is 1. The van der Waals surface area contributed by atoms with E-state index in [1.165, 1.54) is 18.2 Å². The van der Waals surface area contributed by atoms with Gasteiger partial charge in [0.05, 0.1) is 0 Å². The van der Waals surface area contributed by atoms with E-state index in [0.717, 1.165) is 0 Å². The highest BCUT2D eigenvalue weighted by atomic mass is 19.1. The molecule has 2 rings (SSSR count). The summed E-state index contributed by atoms with van der Waals surface area (Å²) < 4.78 is 13.7. The van der Waals surface area contributed by atoms with Gasteiger partial charge in [0, 0.05) is 25.2 Å². The minimum atomic E-state index is -0.682. The van der Waals surface area contributed by atoms with Crippen LogP contribution < -0.4 is 5.32 Å². The zero-order valence-electron chi connectivity index (χ0n) is 10.5. The van der Waals surface area contributed by atoms with Gasteiger partial charge in [0.25, 0.3) is 5.91 Å². The number of nitrogens with one attached hydrogen (secondary N) is 1. The number of benzene rings is 1. The third kappa shape index (κ3) is 2.18. The molecule has 2 atom stereocenters. The van der Waals surface area contributed by atoms with Crippen LogP contribution in [0.2, 0.25) is 0 Å². The number of halogens is 1. The van der Waals surface area contributed by atoms with Crippen LogP contribution in [0.3, 0.4) is 0 Å². The molecule has 2 unspecified atom stereocenters. The quantitative estimate of drug-likeness (QED) is 0.793. The maximum Gasteiger partial charge on any atom is 0.261 e. The van der Waals surface area contributed by atoms with Gasteiger partial charge in [-0.1, -0.05) is 6.07 Å². The standard InChI is InChI=1S/C13H17FN2O2/c1-8-6-15-7-9(2)16(8)13(18)12-10(14)4-3-5-11(12)17/h3-5,8-9,15,17H,6-7H2,1-2H3. The third-order valence-corrected chi connectivity index (χ3v) is 3.27. The topological polar surface area (TPSA) is 52.6 Å². The molecule has 98 valence electrons. The summed E-state index contributed by atoms with van der Waals surface area (Å²) in [6.45, 7) is 5.15. The highest BCUT2D eigenvalue weighted by Gasteiger charge is 2.32. The fourth-order valence-electron chi connectivity index (χ4n) is 2.39. The number of aromatic hydroxyl groups is 1. The second-order valence-electron chi connectivity index (χ2n) is 4.70. The van der Waals surface area contributed by atoms with Crippen LogP contribution in [0.15, 0.2) is 18.2 Å². The second-order valence-corrected chi connectivity index (χ2v) is 4.70. The second kappa shape index (κ2) is 4.94. The fourth-order valence-corrected chi connectivity index (χ4v) is 2.39. The summed E-state index contributed by atoms with van der Waals surface area (Å²) in [5, 5.41) is 12.9. The van der Waals surface area contributed by atoms with Crippen LogP contribution >= 0.6 is 0 Å². The first-order valence-corrected chi connectivity index (χ1v) is 6.03. The highest BCUT2D eigenvalue weighted by molar-refractivity contribution is 5.97. The molecule has 0 aliphatic carbocycles. The van der Waals surface area contributed by atoms with Gasteiger partial charge < -0.3 is 15.3 Å². The smallest absolute Gasteiger partial charge is 0.261 e. The minimum absolute atomic E-state index is 0.0275. The van der Waals surface area contributed by atoms with Crippen molar-refractivity contribution in [2.24, 2.45) is 0 Å². The van der Waals surface area contributed by atoms with Gasteiger partial charge in [0.1, 0.15) is 17.1 Å². The Balaban J connectivity index is 2.35. The molecule has 0 saturated carbocycles. The Morgan fingerprint density at radius 3 is 2.56 bits per heavy atom. The van der Waals surface area contributed by atoms with E-state index in [9.17, 15) is 14.3 Å². The number of rotatable bonds is 1. The Labute approximate surface area is 105 Å². The molecular weight excluding hydrogens is 235 g/mol. The van der Waals surface area contributed by atoms with Gasteiger partial charge >= 0.3 is 0 Å². The van der Waals surface area contributed by atoms with Crippen molar-refractivity contribution in [3.63, 3.8) is 0 Å². The predicted octanol–water partition coefficient (Wildman–Crippen LogP) is 1.35. The Morgan fingerprint density at radius 2 is 2.00 bits per heavy atom. The maximum atomic E-state index is 13.7. The molecule has 1 heterocycles. The van der Waals surface area contributed by atoms with Crippen molar-refractivity contribution >= 4 is 5.91 Å². The first-order valence-electron chi connectivity index (χ1n) is 6.03. The summed E-state index contributed by atoms with van der Waals surface area (Å²) in [5.41, 5.74) is -0.238. The maximum absolute atomic E-state index is 13.7. The summed E-state index contributed by atoms with van der Waals surface area (Å²) >= 11 is 0. The number of phenols is 1. The summed E-state index contributed by atoms with van der Waals surface area (Å²) in [7, 11) is 0. The molecule has 0 spiro atoms. The lowest BCUT2D eigenvalue weighted by Gasteiger charge is -2.39. The predicted molar refractivity (Wildman–Crippen MR) is 66.0 cm³/mol. The van der Waals surface area contributed by atoms with Gasteiger partial charge in [-0.05, 0) is 26.0 Å². The van der Waals surface area contributed by atoms with E-state index in [0.29, 0.717) is 13.1 Å². The zero-order valence-corrected chi connectivity index (χ0v) is 10.5. The minimum Gasteiger partial charge on any atom is -0.507 e. The number of amides is 1. The number of hydrogen-bond acceptors (Lipinski definition) is 3. The summed E-state index contributed by atoms with van der Waals surface area (Å²) in [5.74, 6) is -1.44. The SMILES string of the molecule is CC1CNCC(C)N1C(=O)c1c(O)cccc1F. The van der Waals surface area contributed by atoms with Crippen LogP contribution in [0.1, 0.15) is 24.2 Å². The molecule has 1 aliphatic heterocycles. The Bertz CT molecular complexity index is 434. The van der Waals surface area contributed by atoms with Gasteiger partial charge in [-0.25, -0.2) is 4.39 Å². The first kappa shape index (κ1) is 12.8. The van der Waals surface area contributed by atoms with Crippen molar-refractivity contribution in [2.75, 3.05) is 13.1 Å². The van der Waals surface area contributed by atoms with E-state index in [1.807, 2.05) is 13.8 Å². The largest absolute Gasteiger partial charge is 0.507 e. The highest BCUT2D eigenvalue weighted by Crippen LogP contribution is 2.24. The molecule has 1 aromatic carbocycles. The van der Waals surface area contributed by atoms with Crippen molar-refractivity contribution in [1.82, 2.24) is 10.2 Å². The van der Waals surface area contributed by atoms with Crippen molar-refractivity contribution < 1.29 is 14.3 Å². The van der Waals surface area contributed by atoms with E-state index in [2.05, 4.69) is 5.32 Å². The van der Waals surface area contributed by atoms with E-state index >= 15 is 0 Å². The average Bonchev–Trinajstić information content (AvgIpc) is 2.28. The number of hydrogen-bond donors (Lipinski definition) is 2. The lowest BCUT2D eigenvalue weighted by molar-refractivity contribution is 0.0536. The van der Waals surface area contributed by atoms with Gasteiger partial charge in [0.2, 0.25) is 0 Å². The number of nitrogens with zero attached hydrogens (tertiary/aromatic N) is 1. The number of carbonyl (C=O) groups is 1. The molecule has 1 amide bonds. The Morgan fingerprint density at radius 1 is 1.39 bits per heavy atom. The van der Waals surface area contributed by atoms with Crippen molar-refractivity contribution in [3.8, 4) is 5.75 Å². The van der Waals surface area contributed by atoms with Crippen LogP contribution in [0.4, 0.5) is 4.39 Å². The van der Waals surface area contributed by atoms with Gasteiger partial charge in [-0.15, -0.1) is 0 Å². The van der Waals surface area contributed by atoms with Crippen LogP contribution in [0, 0.1) is 5.82 Å². The van der Waals surface area contributed by atoms with Gasteiger partial charge in [-0.3, -0.25) is 4.79 Å². The molecular formula is C13H17FN2O2. The number of piperazine rings is 1. The van der Waals surface area contributed by atoms with Crippen LogP contribution in [-0.4, -0.2) is 41.1 Å². The molecule has 1 aliphatic rings. The van der Waals surface area contributed by atoms with E-state index in [1.54, 1.807) is 4.90 Å². The van der Waals surface area contributed by atoms with Crippen molar-refractivity contribution in [1.29, 1.82) is 0 Å². The summed E-state index contributed by atoms with van der Waals surface area (Å²) in [6, 6.07) is 3.84. The average molecular weight is 252 g/mol. The molecule has 5 heteroatoms. The molecule has 1 aromatic rings. The molecule has 18 heavy (non-hydrogen) atoms. The first-order chi connectivity index (χ1) is 8.52. The fraction of sp³-hybridized carbons (Fsp3) is 0.462. The molecule has 4 nitrogen and oxygen atoms in total. The molecule has 1 saturated heterocycles. The monoisotopic (exact) mass is 252 g/mol.